The van der Waals surface area contributed by atoms with Gasteiger partial charge in [-0.25, -0.2) is 12.7 Å². The Balaban J connectivity index is 2.06. The summed E-state index contributed by atoms with van der Waals surface area (Å²) >= 11 is 0. The number of nitrogens with zero attached hydrogens (tertiary/aromatic N) is 1. The highest BCUT2D eigenvalue weighted by Crippen LogP contribution is 2.27. The number of fused-ring (bicyclic) bond motifs is 1. The Kier molecular flexibility index (Phi) is 3.45. The molecule has 0 aromatic carbocycles. The van der Waals surface area contributed by atoms with Gasteiger partial charge in [0, 0.05) is 25.6 Å². The van der Waals surface area contributed by atoms with Gasteiger partial charge in [-0.3, -0.25) is 4.79 Å². The summed E-state index contributed by atoms with van der Waals surface area (Å²) in [5.41, 5.74) is 0. The lowest BCUT2D eigenvalue weighted by Gasteiger charge is -2.41. The molecule has 17 heavy (non-hydrogen) atoms. The standard InChI is InChI=1S/C11H20N2O3S/c1-8(2)17(15,16)13-6-5-10-9(7-13)3-4-11(14)12-10/h8-10H,3-7H2,1-2H3,(H,12,14). The van der Waals surface area contributed by atoms with E-state index in [2.05, 4.69) is 5.32 Å². The topological polar surface area (TPSA) is 66.5 Å². The van der Waals surface area contributed by atoms with Crippen molar-refractivity contribution in [2.24, 2.45) is 5.92 Å². The van der Waals surface area contributed by atoms with Crippen LogP contribution < -0.4 is 5.32 Å². The summed E-state index contributed by atoms with van der Waals surface area (Å²) in [7, 11) is -3.14. The molecular formula is C11H20N2O3S. The molecule has 98 valence electrons. The molecule has 2 aliphatic heterocycles. The number of piperidine rings is 2. The largest absolute Gasteiger partial charge is 0.353 e. The van der Waals surface area contributed by atoms with Crippen molar-refractivity contribution in [3.63, 3.8) is 0 Å². The number of sulfonamides is 1. The molecule has 0 aromatic heterocycles. The van der Waals surface area contributed by atoms with Gasteiger partial charge in [-0.05, 0) is 32.6 Å². The van der Waals surface area contributed by atoms with Gasteiger partial charge >= 0.3 is 0 Å². The fourth-order valence-electron chi connectivity index (χ4n) is 2.61. The van der Waals surface area contributed by atoms with E-state index >= 15 is 0 Å². The van der Waals surface area contributed by atoms with Crippen molar-refractivity contribution in [1.29, 1.82) is 0 Å². The summed E-state index contributed by atoms with van der Waals surface area (Å²) in [5, 5.41) is 2.60. The maximum atomic E-state index is 12.1. The Hall–Kier alpha value is -0.620. The lowest BCUT2D eigenvalue weighted by atomic mass is 9.86. The Morgan fingerprint density at radius 3 is 2.71 bits per heavy atom. The Labute approximate surface area is 103 Å². The van der Waals surface area contributed by atoms with Crippen LogP contribution in [-0.2, 0) is 14.8 Å². The molecule has 2 heterocycles. The fraction of sp³-hybridized carbons (Fsp3) is 0.909. The molecule has 0 aromatic rings. The number of hydrogen-bond donors (Lipinski definition) is 1. The minimum atomic E-state index is -3.14. The molecular weight excluding hydrogens is 240 g/mol. The van der Waals surface area contributed by atoms with E-state index in [0.29, 0.717) is 19.5 Å². The maximum absolute atomic E-state index is 12.1. The minimum Gasteiger partial charge on any atom is -0.353 e. The molecule has 0 bridgehead atoms. The molecule has 0 aliphatic carbocycles. The van der Waals surface area contributed by atoms with E-state index in [-0.39, 0.29) is 23.1 Å². The van der Waals surface area contributed by atoms with Crippen molar-refractivity contribution in [1.82, 2.24) is 9.62 Å². The van der Waals surface area contributed by atoms with Crippen LogP contribution in [0.4, 0.5) is 0 Å². The van der Waals surface area contributed by atoms with Crippen molar-refractivity contribution in [3.8, 4) is 0 Å². The molecule has 2 saturated heterocycles. The third-order valence-electron chi connectivity index (χ3n) is 3.74. The first-order valence-corrected chi connectivity index (χ1v) is 7.70. The molecule has 6 heteroatoms. The number of carbonyl (C=O) groups is 1. The Bertz CT molecular complexity index is 405. The van der Waals surface area contributed by atoms with Gasteiger partial charge in [-0.2, -0.15) is 0 Å². The molecule has 2 atom stereocenters. The van der Waals surface area contributed by atoms with Gasteiger partial charge in [0.15, 0.2) is 0 Å². The zero-order valence-electron chi connectivity index (χ0n) is 10.3. The fourth-order valence-corrected chi connectivity index (χ4v) is 3.96. The first kappa shape index (κ1) is 12.8. The predicted octanol–water partition coefficient (Wildman–Crippen LogP) is 0.325. The normalized spacial score (nSPS) is 31.1. The summed E-state index contributed by atoms with van der Waals surface area (Å²) in [6, 6.07) is 0.176. The second-order valence-corrected chi connectivity index (χ2v) is 7.70. The van der Waals surface area contributed by atoms with Gasteiger partial charge in [-0.15, -0.1) is 0 Å². The zero-order chi connectivity index (χ0) is 12.6. The van der Waals surface area contributed by atoms with E-state index in [4.69, 9.17) is 0 Å². The Morgan fingerprint density at radius 1 is 1.35 bits per heavy atom. The lowest BCUT2D eigenvalue weighted by Crippen LogP contribution is -2.55. The third-order valence-corrected chi connectivity index (χ3v) is 5.98. The molecule has 2 fully saturated rings. The van der Waals surface area contributed by atoms with Crippen molar-refractivity contribution < 1.29 is 13.2 Å². The number of nitrogens with one attached hydrogen (secondary N) is 1. The smallest absolute Gasteiger partial charge is 0.220 e. The summed E-state index contributed by atoms with van der Waals surface area (Å²) in [5.74, 6) is 0.390. The van der Waals surface area contributed by atoms with Crippen LogP contribution in [0, 0.1) is 5.92 Å². The molecule has 0 spiro atoms. The Morgan fingerprint density at radius 2 is 2.06 bits per heavy atom. The van der Waals surface area contributed by atoms with Crippen LogP contribution in [0.5, 0.6) is 0 Å². The monoisotopic (exact) mass is 260 g/mol. The SMILES string of the molecule is CC(C)S(=O)(=O)N1CCC2NC(=O)CCC2C1. The summed E-state index contributed by atoms with van der Waals surface area (Å²) in [6.45, 7) is 4.52. The van der Waals surface area contributed by atoms with Crippen LogP contribution >= 0.6 is 0 Å². The summed E-state index contributed by atoms with van der Waals surface area (Å²) < 4.78 is 25.7. The van der Waals surface area contributed by atoms with Gasteiger partial charge in [-0.1, -0.05) is 0 Å². The average molecular weight is 260 g/mol. The highest BCUT2D eigenvalue weighted by atomic mass is 32.2. The van der Waals surface area contributed by atoms with Gasteiger partial charge in [0.2, 0.25) is 15.9 Å². The van der Waals surface area contributed by atoms with Crippen LogP contribution in [0.25, 0.3) is 0 Å². The van der Waals surface area contributed by atoms with Gasteiger partial charge < -0.3 is 5.32 Å². The predicted molar refractivity (Wildman–Crippen MR) is 64.9 cm³/mol. The first-order chi connectivity index (χ1) is 7.91. The van der Waals surface area contributed by atoms with Gasteiger partial charge in [0.1, 0.15) is 0 Å². The van der Waals surface area contributed by atoms with Crippen LogP contribution in [0.1, 0.15) is 33.1 Å². The van der Waals surface area contributed by atoms with Crippen LogP contribution in [0.2, 0.25) is 0 Å². The number of amides is 1. The zero-order valence-corrected chi connectivity index (χ0v) is 11.2. The van der Waals surface area contributed by atoms with E-state index in [0.717, 1.165) is 12.8 Å². The number of hydrogen-bond acceptors (Lipinski definition) is 3. The average Bonchev–Trinajstić information content (AvgIpc) is 2.28. The minimum absolute atomic E-state index is 0.103. The number of rotatable bonds is 2. The van der Waals surface area contributed by atoms with Crippen LogP contribution in [0.15, 0.2) is 0 Å². The highest BCUT2D eigenvalue weighted by Gasteiger charge is 2.38. The second-order valence-electron chi connectivity index (χ2n) is 5.21. The molecule has 0 saturated carbocycles. The van der Waals surface area contributed by atoms with E-state index in [9.17, 15) is 13.2 Å². The van der Waals surface area contributed by atoms with Crippen molar-refractivity contribution >= 4 is 15.9 Å². The molecule has 1 amide bonds. The van der Waals surface area contributed by atoms with Gasteiger partial charge in [0.25, 0.3) is 0 Å². The second kappa shape index (κ2) is 4.57. The number of carbonyl (C=O) groups excluding carboxylic acids is 1. The summed E-state index contributed by atoms with van der Waals surface area (Å²) in [4.78, 5) is 11.3. The van der Waals surface area contributed by atoms with Crippen LogP contribution in [0.3, 0.4) is 0 Å². The van der Waals surface area contributed by atoms with Crippen molar-refractivity contribution in [2.75, 3.05) is 13.1 Å². The summed E-state index contributed by atoms with van der Waals surface area (Å²) in [6.07, 6.45) is 2.07. The van der Waals surface area contributed by atoms with Crippen LogP contribution in [-0.4, -0.2) is 43.0 Å². The van der Waals surface area contributed by atoms with Crippen molar-refractivity contribution in [2.45, 2.75) is 44.4 Å². The van der Waals surface area contributed by atoms with Gasteiger partial charge in [0.05, 0.1) is 5.25 Å². The van der Waals surface area contributed by atoms with E-state index in [1.807, 2.05) is 0 Å². The molecule has 2 unspecified atom stereocenters. The maximum Gasteiger partial charge on any atom is 0.220 e. The lowest BCUT2D eigenvalue weighted by molar-refractivity contribution is -0.124. The third kappa shape index (κ3) is 2.47. The molecule has 2 rings (SSSR count). The first-order valence-electron chi connectivity index (χ1n) is 6.19. The van der Waals surface area contributed by atoms with E-state index in [1.54, 1.807) is 18.2 Å². The van der Waals surface area contributed by atoms with E-state index < -0.39 is 10.0 Å². The quantitative estimate of drug-likeness (QED) is 0.778. The highest BCUT2D eigenvalue weighted by molar-refractivity contribution is 7.89. The molecule has 5 nitrogen and oxygen atoms in total. The van der Waals surface area contributed by atoms with E-state index in [1.165, 1.54) is 0 Å². The molecule has 0 radical (unpaired) electrons. The molecule has 1 N–H and O–H groups in total. The molecule has 2 aliphatic rings. The van der Waals surface area contributed by atoms with Crippen molar-refractivity contribution in [3.05, 3.63) is 0 Å².